The number of carbonyl (C=O) groups is 1. The zero-order chi connectivity index (χ0) is 13.3. The van der Waals surface area contributed by atoms with Crippen molar-refractivity contribution in [3.63, 3.8) is 0 Å². The first-order valence-electron chi connectivity index (χ1n) is 6.40. The molecule has 2 N–H and O–H groups in total. The number of nitriles is 1. The molecule has 96 valence electrons. The fourth-order valence-electron chi connectivity index (χ4n) is 2.69. The summed E-state index contributed by atoms with van der Waals surface area (Å²) in [7, 11) is 0. The summed E-state index contributed by atoms with van der Waals surface area (Å²) >= 11 is 0. The van der Waals surface area contributed by atoms with E-state index in [4.69, 9.17) is 0 Å². The molecule has 19 heavy (non-hydrogen) atoms. The number of rotatable bonds is 2. The summed E-state index contributed by atoms with van der Waals surface area (Å²) in [4.78, 5) is 12.4. The van der Waals surface area contributed by atoms with E-state index in [1.807, 2.05) is 12.1 Å². The van der Waals surface area contributed by atoms with Gasteiger partial charge in [0, 0.05) is 5.39 Å². The topological polar surface area (TPSA) is 81.6 Å². The number of amides is 1. The van der Waals surface area contributed by atoms with Gasteiger partial charge >= 0.3 is 0 Å². The van der Waals surface area contributed by atoms with Gasteiger partial charge in [-0.2, -0.15) is 10.4 Å². The molecule has 1 saturated carbocycles. The molecule has 0 atom stereocenters. The van der Waals surface area contributed by atoms with Gasteiger partial charge in [-0.15, -0.1) is 0 Å². The van der Waals surface area contributed by atoms with Gasteiger partial charge in [-0.05, 0) is 31.7 Å². The van der Waals surface area contributed by atoms with E-state index in [0.29, 0.717) is 11.1 Å². The molecule has 0 aliphatic heterocycles. The summed E-state index contributed by atoms with van der Waals surface area (Å²) < 4.78 is 0. The number of benzene rings is 1. The van der Waals surface area contributed by atoms with Crippen LogP contribution in [0.25, 0.3) is 10.9 Å². The summed E-state index contributed by atoms with van der Waals surface area (Å²) in [5.41, 5.74) is 0.557. The summed E-state index contributed by atoms with van der Waals surface area (Å²) in [6, 6.07) is 7.72. The number of H-pyrrole nitrogens is 1. The maximum Gasteiger partial charge on any atom is 0.254 e. The van der Waals surface area contributed by atoms with E-state index in [2.05, 4.69) is 21.6 Å². The van der Waals surface area contributed by atoms with Crippen LogP contribution in [0.2, 0.25) is 0 Å². The third kappa shape index (κ3) is 1.95. The second kappa shape index (κ2) is 4.39. The van der Waals surface area contributed by atoms with E-state index < -0.39 is 5.54 Å². The number of hydrogen-bond donors (Lipinski definition) is 2. The molecule has 2 aromatic rings. The Hall–Kier alpha value is -2.35. The van der Waals surface area contributed by atoms with Crippen molar-refractivity contribution in [3.8, 4) is 6.07 Å². The molecule has 1 aliphatic rings. The average Bonchev–Trinajstić information content (AvgIpc) is 3.06. The van der Waals surface area contributed by atoms with Crippen molar-refractivity contribution >= 4 is 16.8 Å². The van der Waals surface area contributed by atoms with Crippen LogP contribution in [-0.4, -0.2) is 21.6 Å². The Morgan fingerprint density at radius 1 is 1.42 bits per heavy atom. The number of fused-ring (bicyclic) bond motifs is 1. The quantitative estimate of drug-likeness (QED) is 0.861. The van der Waals surface area contributed by atoms with Crippen LogP contribution in [0.1, 0.15) is 36.0 Å². The van der Waals surface area contributed by atoms with E-state index >= 15 is 0 Å². The van der Waals surface area contributed by atoms with E-state index in [-0.39, 0.29) is 5.91 Å². The number of aromatic nitrogens is 2. The van der Waals surface area contributed by atoms with Crippen molar-refractivity contribution in [2.45, 2.75) is 31.2 Å². The van der Waals surface area contributed by atoms with E-state index in [9.17, 15) is 10.1 Å². The second-order valence-corrected chi connectivity index (χ2v) is 4.99. The predicted octanol–water partition coefficient (Wildman–Crippen LogP) is 2.13. The number of nitrogens with zero attached hydrogens (tertiary/aromatic N) is 2. The molecule has 1 amide bonds. The SMILES string of the molecule is N#CC1(NC(=O)c2cccc3cn[nH]c23)CCCC1. The smallest absolute Gasteiger partial charge is 0.254 e. The highest BCUT2D eigenvalue weighted by molar-refractivity contribution is 6.05. The Morgan fingerprint density at radius 3 is 2.95 bits per heavy atom. The Bertz CT molecular complexity index is 661. The molecule has 0 saturated heterocycles. The zero-order valence-corrected chi connectivity index (χ0v) is 10.4. The van der Waals surface area contributed by atoms with Gasteiger partial charge in [-0.25, -0.2) is 0 Å². The van der Waals surface area contributed by atoms with Gasteiger partial charge in [-0.1, -0.05) is 12.1 Å². The highest BCUT2D eigenvalue weighted by atomic mass is 16.1. The van der Waals surface area contributed by atoms with E-state index in [0.717, 1.165) is 31.1 Å². The van der Waals surface area contributed by atoms with E-state index in [1.165, 1.54) is 0 Å². The first kappa shape index (κ1) is 11.7. The predicted molar refractivity (Wildman–Crippen MR) is 70.4 cm³/mol. The maximum absolute atomic E-state index is 12.4. The summed E-state index contributed by atoms with van der Waals surface area (Å²) in [6.07, 6.45) is 5.12. The van der Waals surface area contributed by atoms with Crippen LogP contribution in [0, 0.1) is 11.3 Å². The average molecular weight is 254 g/mol. The van der Waals surface area contributed by atoms with E-state index in [1.54, 1.807) is 12.3 Å². The Kier molecular flexibility index (Phi) is 2.71. The fraction of sp³-hybridized carbons (Fsp3) is 0.357. The molecule has 5 heteroatoms. The molecule has 0 bridgehead atoms. The number of nitrogens with one attached hydrogen (secondary N) is 2. The Labute approximate surface area is 110 Å². The van der Waals surface area contributed by atoms with Crippen LogP contribution in [0.4, 0.5) is 0 Å². The Morgan fingerprint density at radius 2 is 2.21 bits per heavy atom. The van der Waals surface area contributed by atoms with Crippen LogP contribution in [0.15, 0.2) is 24.4 Å². The van der Waals surface area contributed by atoms with Crippen LogP contribution in [-0.2, 0) is 0 Å². The minimum Gasteiger partial charge on any atom is -0.334 e. The number of aromatic amines is 1. The number of para-hydroxylation sites is 1. The normalized spacial score (nSPS) is 17.2. The lowest BCUT2D eigenvalue weighted by Crippen LogP contribution is -2.45. The number of hydrogen-bond acceptors (Lipinski definition) is 3. The van der Waals surface area contributed by atoms with Gasteiger partial charge in [0.1, 0.15) is 5.54 Å². The molecule has 1 aromatic carbocycles. The highest BCUT2D eigenvalue weighted by Gasteiger charge is 2.35. The minimum atomic E-state index is -0.695. The molecule has 0 spiro atoms. The molecule has 1 heterocycles. The highest BCUT2D eigenvalue weighted by Crippen LogP contribution is 2.29. The Balaban J connectivity index is 1.92. The lowest BCUT2D eigenvalue weighted by molar-refractivity contribution is 0.0922. The second-order valence-electron chi connectivity index (χ2n) is 4.99. The van der Waals surface area contributed by atoms with Gasteiger partial charge in [-0.3, -0.25) is 9.89 Å². The fourth-order valence-corrected chi connectivity index (χ4v) is 2.69. The summed E-state index contributed by atoms with van der Waals surface area (Å²) in [5.74, 6) is -0.210. The third-order valence-corrected chi connectivity index (χ3v) is 3.75. The lowest BCUT2D eigenvalue weighted by atomic mass is 9.99. The van der Waals surface area contributed by atoms with Crippen molar-refractivity contribution in [2.75, 3.05) is 0 Å². The van der Waals surface area contributed by atoms with Crippen molar-refractivity contribution in [1.82, 2.24) is 15.5 Å². The summed E-state index contributed by atoms with van der Waals surface area (Å²) in [6.45, 7) is 0. The van der Waals surface area contributed by atoms with Gasteiger partial charge in [0.15, 0.2) is 0 Å². The van der Waals surface area contributed by atoms with Crippen LogP contribution >= 0.6 is 0 Å². The number of carbonyl (C=O) groups excluding carboxylic acids is 1. The van der Waals surface area contributed by atoms with Crippen molar-refractivity contribution in [2.24, 2.45) is 0 Å². The molecule has 0 radical (unpaired) electrons. The maximum atomic E-state index is 12.4. The largest absolute Gasteiger partial charge is 0.334 e. The molecule has 5 nitrogen and oxygen atoms in total. The minimum absolute atomic E-state index is 0.210. The molecular weight excluding hydrogens is 240 g/mol. The molecule has 3 rings (SSSR count). The molecule has 1 aliphatic carbocycles. The monoisotopic (exact) mass is 254 g/mol. The van der Waals surface area contributed by atoms with Gasteiger partial charge in [0.25, 0.3) is 5.91 Å². The molecule has 1 fully saturated rings. The van der Waals surface area contributed by atoms with Gasteiger partial charge in [0.2, 0.25) is 0 Å². The third-order valence-electron chi connectivity index (χ3n) is 3.75. The summed E-state index contributed by atoms with van der Waals surface area (Å²) in [5, 5.41) is 19.9. The van der Waals surface area contributed by atoms with Crippen molar-refractivity contribution in [3.05, 3.63) is 30.0 Å². The molecule has 0 unspecified atom stereocenters. The standard InChI is InChI=1S/C14H14N4O/c15-9-14(6-1-2-7-14)17-13(19)11-5-3-4-10-8-16-18-12(10)11/h3-5,8H,1-2,6-7H2,(H,16,18)(H,17,19). The van der Waals surface area contributed by atoms with Crippen LogP contribution < -0.4 is 5.32 Å². The van der Waals surface area contributed by atoms with Gasteiger partial charge in [0.05, 0.1) is 23.3 Å². The molecular formula is C14H14N4O. The van der Waals surface area contributed by atoms with Gasteiger partial charge < -0.3 is 5.32 Å². The van der Waals surface area contributed by atoms with Crippen LogP contribution in [0.3, 0.4) is 0 Å². The van der Waals surface area contributed by atoms with Crippen molar-refractivity contribution in [1.29, 1.82) is 5.26 Å². The molecule has 1 aromatic heterocycles. The van der Waals surface area contributed by atoms with Crippen LogP contribution in [0.5, 0.6) is 0 Å². The first-order valence-corrected chi connectivity index (χ1v) is 6.40. The first-order chi connectivity index (χ1) is 9.24. The lowest BCUT2D eigenvalue weighted by Gasteiger charge is -2.22. The zero-order valence-electron chi connectivity index (χ0n) is 10.4. The van der Waals surface area contributed by atoms with Crippen molar-refractivity contribution < 1.29 is 4.79 Å².